The zero-order valence-electron chi connectivity index (χ0n) is 8.27. The summed E-state index contributed by atoms with van der Waals surface area (Å²) in [7, 11) is 1.36. The molecule has 0 saturated carbocycles. The number of hydrogen-bond donors (Lipinski definition) is 1. The monoisotopic (exact) mass is 293 g/mol. The maximum absolute atomic E-state index is 11.0. The molecule has 0 aliphatic rings. The first-order chi connectivity index (χ1) is 6.63. The van der Waals surface area contributed by atoms with Gasteiger partial charge < -0.3 is 10.5 Å². The van der Waals surface area contributed by atoms with Crippen LogP contribution in [-0.4, -0.2) is 13.1 Å². The number of carbonyl (C=O) groups is 1. The fourth-order valence-electron chi connectivity index (χ4n) is 1.12. The highest BCUT2D eigenvalue weighted by atomic mass is 79.9. The van der Waals surface area contributed by atoms with Crippen molar-refractivity contribution in [3.8, 4) is 0 Å². The predicted octanol–water partition coefficient (Wildman–Crippen LogP) is 2.43. The van der Waals surface area contributed by atoms with E-state index in [2.05, 4.69) is 20.7 Å². The average Bonchev–Trinajstić information content (AvgIpc) is 2.17. The molecule has 1 aromatic carbocycles. The van der Waals surface area contributed by atoms with Crippen molar-refractivity contribution < 1.29 is 9.53 Å². The van der Waals surface area contributed by atoms with Gasteiger partial charge >= 0.3 is 5.97 Å². The standard InChI is InChI=1S/C10H12BrNO2.ClH/c1-14-10(13)6-9(12)7-3-2-4-8(11)5-7;/h2-5,9H,6,12H2,1H3;1H/t9-;/m1./s1. The summed E-state index contributed by atoms with van der Waals surface area (Å²) < 4.78 is 5.50. The minimum atomic E-state index is -0.306. The highest BCUT2D eigenvalue weighted by molar-refractivity contribution is 9.10. The third-order valence-electron chi connectivity index (χ3n) is 1.89. The lowest BCUT2D eigenvalue weighted by Crippen LogP contribution is -2.16. The van der Waals surface area contributed by atoms with E-state index in [1.165, 1.54) is 7.11 Å². The molecule has 3 nitrogen and oxygen atoms in total. The minimum absolute atomic E-state index is 0. The Labute approximate surface area is 104 Å². The molecule has 15 heavy (non-hydrogen) atoms. The van der Waals surface area contributed by atoms with E-state index in [1.54, 1.807) is 0 Å². The van der Waals surface area contributed by atoms with Crippen molar-refractivity contribution in [3.63, 3.8) is 0 Å². The topological polar surface area (TPSA) is 52.3 Å². The molecule has 2 N–H and O–H groups in total. The van der Waals surface area contributed by atoms with Gasteiger partial charge in [-0.3, -0.25) is 4.79 Å². The molecule has 5 heteroatoms. The van der Waals surface area contributed by atoms with E-state index in [0.717, 1.165) is 10.0 Å². The summed E-state index contributed by atoms with van der Waals surface area (Å²) in [5.74, 6) is -0.294. The van der Waals surface area contributed by atoms with Gasteiger partial charge in [-0.2, -0.15) is 0 Å². The smallest absolute Gasteiger partial charge is 0.307 e. The number of halogens is 2. The van der Waals surface area contributed by atoms with Crippen LogP contribution < -0.4 is 5.73 Å². The zero-order chi connectivity index (χ0) is 10.6. The number of rotatable bonds is 3. The minimum Gasteiger partial charge on any atom is -0.469 e. The first kappa shape index (κ1) is 14.4. The number of carbonyl (C=O) groups excluding carboxylic acids is 1. The molecule has 0 saturated heterocycles. The number of hydrogen-bond acceptors (Lipinski definition) is 3. The SMILES string of the molecule is COC(=O)C[C@@H](N)c1cccc(Br)c1.Cl. The van der Waals surface area contributed by atoms with Crippen LogP contribution in [0.25, 0.3) is 0 Å². The van der Waals surface area contributed by atoms with Gasteiger partial charge in [-0.05, 0) is 17.7 Å². The van der Waals surface area contributed by atoms with Crippen LogP contribution in [0.2, 0.25) is 0 Å². The summed E-state index contributed by atoms with van der Waals surface area (Å²) in [6, 6.07) is 7.27. The predicted molar refractivity (Wildman–Crippen MR) is 65.0 cm³/mol. The molecule has 0 aliphatic carbocycles. The number of benzene rings is 1. The lowest BCUT2D eigenvalue weighted by molar-refractivity contribution is -0.141. The Morgan fingerprint density at radius 3 is 2.80 bits per heavy atom. The number of methoxy groups -OCH3 is 1. The van der Waals surface area contributed by atoms with E-state index < -0.39 is 0 Å². The second-order valence-corrected chi connectivity index (χ2v) is 3.86. The van der Waals surface area contributed by atoms with Crippen molar-refractivity contribution in [1.82, 2.24) is 0 Å². The third-order valence-corrected chi connectivity index (χ3v) is 2.38. The molecule has 0 unspecified atom stereocenters. The highest BCUT2D eigenvalue weighted by Crippen LogP contribution is 2.18. The summed E-state index contributed by atoms with van der Waals surface area (Å²) in [6.45, 7) is 0. The van der Waals surface area contributed by atoms with E-state index >= 15 is 0 Å². The molecule has 0 heterocycles. The van der Waals surface area contributed by atoms with Gasteiger partial charge in [0, 0.05) is 10.5 Å². The van der Waals surface area contributed by atoms with E-state index in [-0.39, 0.29) is 30.8 Å². The van der Waals surface area contributed by atoms with Gasteiger partial charge in [-0.25, -0.2) is 0 Å². The highest BCUT2D eigenvalue weighted by Gasteiger charge is 2.11. The van der Waals surface area contributed by atoms with E-state index in [9.17, 15) is 4.79 Å². The van der Waals surface area contributed by atoms with Crippen molar-refractivity contribution in [1.29, 1.82) is 0 Å². The summed E-state index contributed by atoms with van der Waals surface area (Å²) in [4.78, 5) is 11.0. The molecule has 84 valence electrons. The van der Waals surface area contributed by atoms with Crippen LogP contribution in [-0.2, 0) is 9.53 Å². The van der Waals surface area contributed by atoms with Crippen LogP contribution >= 0.6 is 28.3 Å². The van der Waals surface area contributed by atoms with E-state index in [4.69, 9.17) is 5.73 Å². The fraction of sp³-hybridized carbons (Fsp3) is 0.300. The quantitative estimate of drug-likeness (QED) is 0.871. The van der Waals surface area contributed by atoms with Gasteiger partial charge in [-0.15, -0.1) is 12.4 Å². The second kappa shape index (κ2) is 6.82. The Balaban J connectivity index is 0.00000196. The fourth-order valence-corrected chi connectivity index (χ4v) is 1.53. The largest absolute Gasteiger partial charge is 0.469 e. The van der Waals surface area contributed by atoms with Crippen LogP contribution in [0.15, 0.2) is 28.7 Å². The van der Waals surface area contributed by atoms with Crippen molar-refractivity contribution in [2.75, 3.05) is 7.11 Å². The number of esters is 1. The van der Waals surface area contributed by atoms with Crippen molar-refractivity contribution in [2.45, 2.75) is 12.5 Å². The van der Waals surface area contributed by atoms with E-state index in [0.29, 0.717) is 0 Å². The first-order valence-corrected chi connectivity index (χ1v) is 5.00. The Morgan fingerprint density at radius 1 is 1.60 bits per heavy atom. The number of ether oxygens (including phenoxy) is 1. The average molecular weight is 295 g/mol. The van der Waals surface area contributed by atoms with Crippen molar-refractivity contribution in [3.05, 3.63) is 34.3 Å². The molecule has 0 amide bonds. The summed E-state index contributed by atoms with van der Waals surface area (Å²) >= 11 is 3.34. The molecular formula is C10H13BrClNO2. The molecule has 0 aliphatic heterocycles. The van der Waals surface area contributed by atoms with Gasteiger partial charge in [0.15, 0.2) is 0 Å². The van der Waals surface area contributed by atoms with Gasteiger partial charge in [0.1, 0.15) is 0 Å². The molecule has 0 bridgehead atoms. The van der Waals surface area contributed by atoms with Gasteiger partial charge in [0.2, 0.25) is 0 Å². The van der Waals surface area contributed by atoms with Crippen molar-refractivity contribution in [2.24, 2.45) is 5.73 Å². The maximum Gasteiger partial charge on any atom is 0.307 e. The van der Waals surface area contributed by atoms with Gasteiger partial charge in [0.05, 0.1) is 13.5 Å². The molecule has 0 spiro atoms. The number of nitrogens with two attached hydrogens (primary N) is 1. The molecular weight excluding hydrogens is 281 g/mol. The van der Waals surface area contributed by atoms with Crippen LogP contribution in [0.1, 0.15) is 18.0 Å². The Kier molecular flexibility index (Phi) is 6.56. The second-order valence-electron chi connectivity index (χ2n) is 2.94. The van der Waals surface area contributed by atoms with Crippen LogP contribution in [0.3, 0.4) is 0 Å². The van der Waals surface area contributed by atoms with Gasteiger partial charge in [0.25, 0.3) is 0 Å². The Morgan fingerprint density at radius 2 is 2.27 bits per heavy atom. The third kappa shape index (κ3) is 4.64. The Bertz CT molecular complexity index is 333. The molecule has 0 fully saturated rings. The maximum atomic E-state index is 11.0. The van der Waals surface area contributed by atoms with Crippen molar-refractivity contribution >= 4 is 34.3 Å². The summed E-state index contributed by atoms with van der Waals surface area (Å²) in [6.07, 6.45) is 0.201. The zero-order valence-corrected chi connectivity index (χ0v) is 10.7. The van der Waals surface area contributed by atoms with Crippen LogP contribution in [0.5, 0.6) is 0 Å². The lowest BCUT2D eigenvalue weighted by Gasteiger charge is -2.10. The molecule has 1 atom stereocenters. The molecule has 0 radical (unpaired) electrons. The molecule has 1 rings (SSSR count). The molecule has 0 aromatic heterocycles. The van der Waals surface area contributed by atoms with E-state index in [1.807, 2.05) is 24.3 Å². The van der Waals surface area contributed by atoms with Crippen LogP contribution in [0, 0.1) is 0 Å². The summed E-state index contributed by atoms with van der Waals surface area (Å²) in [5, 5.41) is 0. The van der Waals surface area contributed by atoms with Crippen LogP contribution in [0.4, 0.5) is 0 Å². The summed E-state index contributed by atoms with van der Waals surface area (Å²) in [5.41, 5.74) is 6.74. The first-order valence-electron chi connectivity index (χ1n) is 4.21. The van der Waals surface area contributed by atoms with Gasteiger partial charge in [-0.1, -0.05) is 28.1 Å². The normalized spacial score (nSPS) is 11.4. The lowest BCUT2D eigenvalue weighted by atomic mass is 10.1. The Hall–Kier alpha value is -0.580. The molecule has 1 aromatic rings.